The van der Waals surface area contributed by atoms with Crippen LogP contribution in [0.15, 0.2) is 36.7 Å². The third-order valence-electron chi connectivity index (χ3n) is 4.86. The fraction of sp³-hybridized carbons (Fsp3) is 0.500. The van der Waals surface area contributed by atoms with Crippen molar-refractivity contribution in [1.29, 1.82) is 0 Å². The van der Waals surface area contributed by atoms with Crippen molar-refractivity contribution in [3.8, 4) is 5.75 Å². The lowest BCUT2D eigenvalue weighted by molar-refractivity contribution is 0.0642. The number of halogens is 1. The molecule has 148 valence electrons. The van der Waals surface area contributed by atoms with Crippen LogP contribution < -0.4 is 10.1 Å². The van der Waals surface area contributed by atoms with Crippen molar-refractivity contribution in [2.75, 3.05) is 26.7 Å². The number of hydrogen-bond acceptors (Lipinski definition) is 4. The number of nitrogens with zero attached hydrogens (tertiary/aromatic N) is 3. The van der Waals surface area contributed by atoms with Gasteiger partial charge < -0.3 is 15.0 Å². The second-order valence-electron chi connectivity index (χ2n) is 6.75. The van der Waals surface area contributed by atoms with E-state index in [0.29, 0.717) is 18.2 Å². The number of carbonyl (C=O) groups excluding carboxylic acids is 1. The first-order valence-electron chi connectivity index (χ1n) is 9.38. The minimum Gasteiger partial charge on any atom is -0.497 e. The molecule has 7 heteroatoms. The van der Waals surface area contributed by atoms with Crippen LogP contribution in [0, 0.1) is 0 Å². The molecule has 2 aromatic rings. The van der Waals surface area contributed by atoms with Gasteiger partial charge in [0.2, 0.25) is 0 Å². The van der Waals surface area contributed by atoms with E-state index in [1.807, 2.05) is 40.0 Å². The van der Waals surface area contributed by atoms with Crippen LogP contribution in [-0.2, 0) is 6.54 Å². The highest BCUT2D eigenvalue weighted by Crippen LogP contribution is 2.17. The number of ether oxygens (including phenoxy) is 1. The fourth-order valence-corrected chi connectivity index (χ4v) is 3.45. The summed E-state index contributed by atoms with van der Waals surface area (Å²) in [4.78, 5) is 15.1. The number of benzene rings is 1. The van der Waals surface area contributed by atoms with Crippen LogP contribution in [-0.4, -0.2) is 53.4 Å². The Morgan fingerprint density at radius 2 is 2.00 bits per heavy atom. The maximum absolute atomic E-state index is 13.0. The molecule has 0 spiro atoms. The summed E-state index contributed by atoms with van der Waals surface area (Å²) in [5, 5.41) is 7.75. The van der Waals surface area contributed by atoms with Crippen molar-refractivity contribution in [3.05, 3.63) is 47.8 Å². The van der Waals surface area contributed by atoms with Crippen LogP contribution in [0.5, 0.6) is 5.75 Å². The molecular weight excluding hydrogens is 364 g/mol. The van der Waals surface area contributed by atoms with E-state index in [2.05, 4.69) is 17.3 Å². The average molecular weight is 393 g/mol. The Morgan fingerprint density at radius 1 is 1.30 bits per heavy atom. The van der Waals surface area contributed by atoms with Crippen molar-refractivity contribution in [1.82, 2.24) is 20.0 Å². The van der Waals surface area contributed by atoms with Gasteiger partial charge in [-0.3, -0.25) is 9.48 Å². The second-order valence-corrected chi connectivity index (χ2v) is 6.75. The van der Waals surface area contributed by atoms with Crippen LogP contribution in [0.2, 0.25) is 0 Å². The molecule has 1 aliphatic heterocycles. The molecule has 3 rings (SSSR count). The molecule has 1 aromatic heterocycles. The first-order valence-corrected chi connectivity index (χ1v) is 9.38. The maximum Gasteiger partial charge on any atom is 0.257 e. The minimum atomic E-state index is 0. The highest BCUT2D eigenvalue weighted by molar-refractivity contribution is 5.94. The summed E-state index contributed by atoms with van der Waals surface area (Å²) in [6.07, 6.45) is 6.55. The standard InChI is InChI=1S/C20H28N4O2.ClH/c1-3-12-24(18-8-10-21-11-9-18)20(25)17-13-22-23(15-17)14-16-4-6-19(26-2)7-5-16;/h4-7,13,15,18,21H,3,8-12,14H2,1-2H3;1H. The summed E-state index contributed by atoms with van der Waals surface area (Å²) in [7, 11) is 1.66. The summed E-state index contributed by atoms with van der Waals surface area (Å²) < 4.78 is 7.01. The van der Waals surface area contributed by atoms with Crippen molar-refractivity contribution < 1.29 is 9.53 Å². The van der Waals surface area contributed by atoms with Gasteiger partial charge in [-0.15, -0.1) is 12.4 Å². The molecule has 0 aliphatic carbocycles. The van der Waals surface area contributed by atoms with E-state index in [9.17, 15) is 4.79 Å². The number of amides is 1. The topological polar surface area (TPSA) is 59.4 Å². The molecule has 0 saturated carbocycles. The summed E-state index contributed by atoms with van der Waals surface area (Å²) in [6, 6.07) is 8.23. The van der Waals surface area contributed by atoms with Gasteiger partial charge >= 0.3 is 0 Å². The quantitative estimate of drug-likeness (QED) is 0.787. The lowest BCUT2D eigenvalue weighted by atomic mass is 10.0. The molecule has 1 aromatic carbocycles. The van der Waals surface area contributed by atoms with Gasteiger partial charge in [-0.1, -0.05) is 19.1 Å². The third-order valence-corrected chi connectivity index (χ3v) is 4.86. The van der Waals surface area contributed by atoms with Gasteiger partial charge in [-0.2, -0.15) is 5.10 Å². The largest absolute Gasteiger partial charge is 0.497 e. The normalized spacial score (nSPS) is 14.4. The van der Waals surface area contributed by atoms with Gasteiger partial charge in [-0.05, 0) is 50.0 Å². The molecule has 1 fully saturated rings. The monoisotopic (exact) mass is 392 g/mol. The van der Waals surface area contributed by atoms with Crippen molar-refractivity contribution >= 4 is 18.3 Å². The smallest absolute Gasteiger partial charge is 0.257 e. The number of carbonyl (C=O) groups is 1. The molecule has 6 nitrogen and oxygen atoms in total. The van der Waals surface area contributed by atoms with Gasteiger partial charge in [0.25, 0.3) is 5.91 Å². The van der Waals surface area contributed by atoms with Gasteiger partial charge in [0, 0.05) is 18.8 Å². The maximum atomic E-state index is 13.0. The predicted molar refractivity (Wildman–Crippen MR) is 109 cm³/mol. The van der Waals surface area contributed by atoms with E-state index in [1.54, 1.807) is 13.3 Å². The lowest BCUT2D eigenvalue weighted by Gasteiger charge is -2.34. The Kier molecular flexibility index (Phi) is 8.13. The second kappa shape index (κ2) is 10.3. The highest BCUT2D eigenvalue weighted by atomic mass is 35.5. The number of nitrogens with one attached hydrogen (secondary N) is 1. The Balaban J connectivity index is 0.00000261. The predicted octanol–water partition coefficient (Wildman–Crippen LogP) is 2.97. The van der Waals surface area contributed by atoms with Gasteiger partial charge in [0.1, 0.15) is 5.75 Å². The lowest BCUT2D eigenvalue weighted by Crippen LogP contribution is -2.46. The first kappa shape index (κ1) is 21.3. The van der Waals surface area contributed by atoms with Crippen molar-refractivity contribution in [2.24, 2.45) is 0 Å². The number of piperidine rings is 1. The minimum absolute atomic E-state index is 0. The summed E-state index contributed by atoms with van der Waals surface area (Å²) in [5.41, 5.74) is 1.79. The highest BCUT2D eigenvalue weighted by Gasteiger charge is 2.26. The van der Waals surface area contributed by atoms with E-state index < -0.39 is 0 Å². The molecule has 1 saturated heterocycles. The van der Waals surface area contributed by atoms with Crippen LogP contribution in [0.4, 0.5) is 0 Å². The van der Waals surface area contributed by atoms with Crippen LogP contribution in [0.1, 0.15) is 42.1 Å². The number of methoxy groups -OCH3 is 1. The van der Waals surface area contributed by atoms with E-state index in [4.69, 9.17) is 4.74 Å². The zero-order valence-corrected chi connectivity index (χ0v) is 16.9. The molecule has 2 heterocycles. The van der Waals surface area contributed by atoms with Crippen LogP contribution >= 0.6 is 12.4 Å². The number of rotatable bonds is 7. The van der Waals surface area contributed by atoms with Gasteiger partial charge in [-0.25, -0.2) is 0 Å². The molecule has 0 radical (unpaired) electrons. The molecule has 27 heavy (non-hydrogen) atoms. The first-order chi connectivity index (χ1) is 12.7. The Hall–Kier alpha value is -2.05. The zero-order chi connectivity index (χ0) is 18.4. The number of aromatic nitrogens is 2. The van der Waals surface area contributed by atoms with Crippen LogP contribution in [0.25, 0.3) is 0 Å². The molecule has 1 amide bonds. The summed E-state index contributed by atoms with van der Waals surface area (Å²) in [5.74, 6) is 0.932. The Bertz CT molecular complexity index is 711. The van der Waals surface area contributed by atoms with Gasteiger partial charge in [0.05, 0.1) is 25.4 Å². The zero-order valence-electron chi connectivity index (χ0n) is 16.1. The van der Waals surface area contributed by atoms with E-state index >= 15 is 0 Å². The Morgan fingerprint density at radius 3 is 2.63 bits per heavy atom. The molecule has 1 N–H and O–H groups in total. The van der Waals surface area contributed by atoms with E-state index in [-0.39, 0.29) is 18.3 Å². The van der Waals surface area contributed by atoms with Crippen molar-refractivity contribution in [2.45, 2.75) is 38.8 Å². The van der Waals surface area contributed by atoms with Gasteiger partial charge in [0.15, 0.2) is 0 Å². The molecular formula is C20H29ClN4O2. The summed E-state index contributed by atoms with van der Waals surface area (Å²) >= 11 is 0. The molecule has 0 bridgehead atoms. The van der Waals surface area contributed by atoms with Crippen LogP contribution in [0.3, 0.4) is 0 Å². The third kappa shape index (κ3) is 5.47. The average Bonchev–Trinajstić information content (AvgIpc) is 3.15. The molecule has 1 aliphatic rings. The van der Waals surface area contributed by atoms with E-state index in [1.165, 1.54) is 0 Å². The summed E-state index contributed by atoms with van der Waals surface area (Å²) in [6.45, 7) is 5.52. The molecule has 0 unspecified atom stereocenters. The van der Waals surface area contributed by atoms with Crippen molar-refractivity contribution in [3.63, 3.8) is 0 Å². The fourth-order valence-electron chi connectivity index (χ4n) is 3.45. The molecule has 0 atom stereocenters. The van der Waals surface area contributed by atoms with E-state index in [0.717, 1.165) is 50.2 Å². The Labute approximate surface area is 167 Å². The number of hydrogen-bond donors (Lipinski definition) is 1. The SMILES string of the molecule is CCCN(C(=O)c1cnn(Cc2ccc(OC)cc2)c1)C1CCNCC1.Cl.